The largest absolute Gasteiger partial charge is 0.385 e. The average molecular weight is 242 g/mol. The number of hydrogen-bond donors (Lipinski definition) is 1. The first-order valence-electron chi connectivity index (χ1n) is 4.68. The van der Waals surface area contributed by atoms with Gasteiger partial charge in [-0.3, -0.25) is 0 Å². The Morgan fingerprint density at radius 1 is 1.44 bits per heavy atom. The first kappa shape index (κ1) is 11.1. The number of halogens is 2. The fourth-order valence-electron chi connectivity index (χ4n) is 1.28. The van der Waals surface area contributed by atoms with Crippen molar-refractivity contribution >= 4 is 11.6 Å². The lowest BCUT2D eigenvalue weighted by Crippen LogP contribution is -1.85. The van der Waals surface area contributed by atoms with Crippen molar-refractivity contribution in [3.8, 4) is 11.3 Å². The number of aliphatic hydroxyl groups excluding tert-OH is 1. The van der Waals surface area contributed by atoms with E-state index in [-0.39, 0.29) is 5.02 Å². The van der Waals surface area contributed by atoms with Crippen LogP contribution in [0.5, 0.6) is 0 Å². The van der Waals surface area contributed by atoms with Crippen molar-refractivity contribution in [1.82, 2.24) is 5.16 Å². The average Bonchev–Trinajstić information content (AvgIpc) is 2.71. The fourth-order valence-corrected chi connectivity index (χ4v) is 1.40. The maximum Gasteiger partial charge on any atom is 0.165 e. The van der Waals surface area contributed by atoms with Crippen LogP contribution in [0.2, 0.25) is 5.02 Å². The van der Waals surface area contributed by atoms with Gasteiger partial charge in [0.2, 0.25) is 0 Å². The fraction of sp³-hybridized carbons (Fsp3) is 0.182. The SMILES string of the molecule is CC(O)c1cc(-c2ccc(Cl)c(F)c2)no1. The van der Waals surface area contributed by atoms with E-state index < -0.39 is 11.9 Å². The van der Waals surface area contributed by atoms with Gasteiger partial charge in [-0.25, -0.2) is 4.39 Å². The van der Waals surface area contributed by atoms with Crippen molar-refractivity contribution in [2.45, 2.75) is 13.0 Å². The molecule has 2 aromatic rings. The van der Waals surface area contributed by atoms with Gasteiger partial charge in [0.25, 0.3) is 0 Å². The highest BCUT2D eigenvalue weighted by Crippen LogP contribution is 2.25. The van der Waals surface area contributed by atoms with Crippen LogP contribution >= 0.6 is 11.6 Å². The molecule has 84 valence electrons. The van der Waals surface area contributed by atoms with Crippen LogP contribution in [-0.2, 0) is 0 Å². The Balaban J connectivity index is 2.39. The van der Waals surface area contributed by atoms with E-state index in [0.29, 0.717) is 17.0 Å². The Morgan fingerprint density at radius 2 is 2.19 bits per heavy atom. The molecule has 0 aliphatic heterocycles. The molecule has 0 aliphatic carbocycles. The minimum Gasteiger partial charge on any atom is -0.385 e. The van der Waals surface area contributed by atoms with Crippen LogP contribution in [0, 0.1) is 5.82 Å². The van der Waals surface area contributed by atoms with Crippen LogP contribution in [-0.4, -0.2) is 10.3 Å². The standard InChI is InChI=1S/C11H9ClFNO2/c1-6(15)11-5-10(14-16-11)7-2-3-8(12)9(13)4-7/h2-6,15H,1H3. The Bertz CT molecular complexity index is 510. The number of benzene rings is 1. The van der Waals surface area contributed by atoms with E-state index in [2.05, 4.69) is 5.16 Å². The van der Waals surface area contributed by atoms with Crippen molar-refractivity contribution in [3.05, 3.63) is 40.9 Å². The highest BCUT2D eigenvalue weighted by atomic mass is 35.5. The van der Waals surface area contributed by atoms with Gasteiger partial charge in [-0.15, -0.1) is 0 Å². The molecular weight excluding hydrogens is 233 g/mol. The molecule has 0 radical (unpaired) electrons. The predicted molar refractivity (Wildman–Crippen MR) is 57.5 cm³/mol. The lowest BCUT2D eigenvalue weighted by molar-refractivity contribution is 0.158. The molecule has 3 nitrogen and oxygen atoms in total. The Hall–Kier alpha value is -1.39. The molecule has 1 aromatic heterocycles. The predicted octanol–water partition coefficient (Wildman–Crippen LogP) is 3.19. The summed E-state index contributed by atoms with van der Waals surface area (Å²) in [6, 6.07) is 5.91. The van der Waals surface area contributed by atoms with Gasteiger partial charge >= 0.3 is 0 Å². The number of hydrogen-bond acceptors (Lipinski definition) is 3. The second kappa shape index (κ2) is 4.23. The molecule has 1 unspecified atom stereocenters. The summed E-state index contributed by atoms with van der Waals surface area (Å²) in [5, 5.41) is 13.0. The van der Waals surface area contributed by atoms with Gasteiger partial charge in [0.1, 0.15) is 17.6 Å². The van der Waals surface area contributed by atoms with Crippen LogP contribution in [0.15, 0.2) is 28.8 Å². The van der Waals surface area contributed by atoms with Gasteiger partial charge in [-0.2, -0.15) is 0 Å². The zero-order valence-electron chi connectivity index (χ0n) is 8.45. The van der Waals surface area contributed by atoms with Crippen LogP contribution < -0.4 is 0 Å². The summed E-state index contributed by atoms with van der Waals surface area (Å²) < 4.78 is 18.1. The summed E-state index contributed by atoms with van der Waals surface area (Å²) in [4.78, 5) is 0. The Kier molecular flexibility index (Phi) is 2.94. The monoisotopic (exact) mass is 241 g/mol. The molecule has 16 heavy (non-hydrogen) atoms. The Morgan fingerprint density at radius 3 is 2.75 bits per heavy atom. The highest BCUT2D eigenvalue weighted by molar-refractivity contribution is 6.30. The first-order chi connectivity index (χ1) is 7.58. The second-order valence-corrected chi connectivity index (χ2v) is 3.83. The van der Waals surface area contributed by atoms with Crippen molar-refractivity contribution in [1.29, 1.82) is 0 Å². The summed E-state index contributed by atoms with van der Waals surface area (Å²) >= 11 is 5.56. The molecule has 1 aromatic carbocycles. The summed E-state index contributed by atoms with van der Waals surface area (Å²) in [6.07, 6.45) is -0.738. The third kappa shape index (κ3) is 2.08. The Labute approximate surface area is 96.4 Å². The lowest BCUT2D eigenvalue weighted by atomic mass is 10.1. The summed E-state index contributed by atoms with van der Waals surface area (Å²) in [5.41, 5.74) is 1.02. The molecule has 0 fully saturated rings. The molecule has 1 N–H and O–H groups in total. The molecule has 0 bridgehead atoms. The quantitative estimate of drug-likeness (QED) is 0.878. The van der Waals surface area contributed by atoms with Crippen molar-refractivity contribution in [2.75, 3.05) is 0 Å². The van der Waals surface area contributed by atoms with Gasteiger partial charge < -0.3 is 9.63 Å². The molecular formula is C11H9ClFNO2. The van der Waals surface area contributed by atoms with E-state index in [0.717, 1.165) is 0 Å². The molecule has 1 heterocycles. The van der Waals surface area contributed by atoms with Crippen molar-refractivity contribution in [3.63, 3.8) is 0 Å². The van der Waals surface area contributed by atoms with Gasteiger partial charge in [-0.1, -0.05) is 22.8 Å². The van der Waals surface area contributed by atoms with E-state index in [1.165, 1.54) is 12.1 Å². The van der Waals surface area contributed by atoms with E-state index in [1.54, 1.807) is 19.1 Å². The lowest BCUT2D eigenvalue weighted by Gasteiger charge is -1.97. The zero-order chi connectivity index (χ0) is 11.7. The second-order valence-electron chi connectivity index (χ2n) is 3.42. The van der Waals surface area contributed by atoms with Gasteiger partial charge in [0, 0.05) is 11.6 Å². The van der Waals surface area contributed by atoms with Crippen LogP contribution in [0.3, 0.4) is 0 Å². The molecule has 0 saturated carbocycles. The molecule has 1 atom stereocenters. The molecule has 5 heteroatoms. The van der Waals surface area contributed by atoms with E-state index in [9.17, 15) is 9.50 Å². The van der Waals surface area contributed by atoms with E-state index >= 15 is 0 Å². The molecule has 0 spiro atoms. The third-order valence-electron chi connectivity index (χ3n) is 2.16. The summed E-state index contributed by atoms with van der Waals surface area (Å²) in [5.74, 6) is -0.175. The summed E-state index contributed by atoms with van der Waals surface area (Å²) in [6.45, 7) is 1.56. The van der Waals surface area contributed by atoms with Gasteiger partial charge in [0.05, 0.1) is 5.02 Å². The first-order valence-corrected chi connectivity index (χ1v) is 5.06. The maximum atomic E-state index is 13.2. The summed E-state index contributed by atoms with van der Waals surface area (Å²) in [7, 11) is 0. The van der Waals surface area contributed by atoms with Crippen LogP contribution in [0.25, 0.3) is 11.3 Å². The number of aromatic nitrogens is 1. The highest BCUT2D eigenvalue weighted by Gasteiger charge is 2.11. The minimum atomic E-state index is -0.738. The van der Waals surface area contributed by atoms with Gasteiger partial charge in [0.15, 0.2) is 5.76 Å². The van der Waals surface area contributed by atoms with E-state index in [1.807, 2.05) is 0 Å². The molecule has 0 aliphatic rings. The van der Waals surface area contributed by atoms with E-state index in [4.69, 9.17) is 16.1 Å². The molecule has 0 saturated heterocycles. The third-order valence-corrected chi connectivity index (χ3v) is 2.46. The minimum absolute atomic E-state index is 0.0583. The van der Waals surface area contributed by atoms with Crippen molar-refractivity contribution < 1.29 is 14.0 Å². The number of nitrogens with zero attached hydrogens (tertiary/aromatic N) is 1. The zero-order valence-corrected chi connectivity index (χ0v) is 9.20. The smallest absolute Gasteiger partial charge is 0.165 e. The topological polar surface area (TPSA) is 46.3 Å². The van der Waals surface area contributed by atoms with Crippen molar-refractivity contribution in [2.24, 2.45) is 0 Å². The number of aliphatic hydroxyl groups is 1. The normalized spacial score (nSPS) is 12.8. The molecule has 0 amide bonds. The van der Waals surface area contributed by atoms with Crippen LogP contribution in [0.1, 0.15) is 18.8 Å². The molecule has 2 rings (SSSR count). The van der Waals surface area contributed by atoms with Crippen LogP contribution in [0.4, 0.5) is 4.39 Å². The maximum absolute atomic E-state index is 13.2. The number of rotatable bonds is 2. The van der Waals surface area contributed by atoms with Gasteiger partial charge in [-0.05, 0) is 19.1 Å².